The predicted molar refractivity (Wildman–Crippen MR) is 70.8 cm³/mol. The van der Waals surface area contributed by atoms with Crippen LogP contribution in [0.25, 0.3) is 11.0 Å². The van der Waals surface area contributed by atoms with E-state index in [1.807, 2.05) is 0 Å². The van der Waals surface area contributed by atoms with Crippen molar-refractivity contribution >= 4 is 28.6 Å². The molecule has 0 bridgehead atoms. The third-order valence-corrected chi connectivity index (χ3v) is 3.16. The number of fused-ring (bicyclic) bond motifs is 1. The van der Waals surface area contributed by atoms with Crippen molar-refractivity contribution in [2.24, 2.45) is 0 Å². The molecule has 0 amide bonds. The van der Waals surface area contributed by atoms with Gasteiger partial charge in [0.05, 0.1) is 18.1 Å². The van der Waals surface area contributed by atoms with Crippen LogP contribution in [0.4, 0.5) is 4.39 Å². The van der Waals surface area contributed by atoms with Gasteiger partial charge in [0.15, 0.2) is 0 Å². The molecular formula is C13H14ClFN2O2. The fraction of sp³-hybridized carbons (Fsp3) is 0.385. The number of carbonyl (C=O) groups is 1. The zero-order valence-corrected chi connectivity index (χ0v) is 11.4. The molecule has 2 aromatic rings. The van der Waals surface area contributed by atoms with Gasteiger partial charge in [-0.3, -0.25) is 0 Å². The van der Waals surface area contributed by atoms with Crippen LogP contribution in [0.15, 0.2) is 18.2 Å². The molecular weight excluding hydrogens is 271 g/mol. The van der Waals surface area contributed by atoms with Crippen LogP contribution in [0.5, 0.6) is 0 Å². The van der Waals surface area contributed by atoms with Crippen molar-refractivity contribution in [2.45, 2.75) is 19.4 Å². The molecule has 1 aromatic heterocycles. The SMILES string of the molecule is COC(=O)C(C)n1c(CCCl)nc2ccc(F)cc21. The van der Waals surface area contributed by atoms with Crippen molar-refractivity contribution < 1.29 is 13.9 Å². The van der Waals surface area contributed by atoms with E-state index in [0.717, 1.165) is 0 Å². The number of halogens is 2. The van der Waals surface area contributed by atoms with Gasteiger partial charge in [-0.15, -0.1) is 11.6 Å². The first-order valence-electron chi connectivity index (χ1n) is 5.88. The maximum atomic E-state index is 13.4. The highest BCUT2D eigenvalue weighted by Gasteiger charge is 2.22. The van der Waals surface area contributed by atoms with Crippen molar-refractivity contribution in [1.82, 2.24) is 9.55 Å². The molecule has 0 saturated heterocycles. The van der Waals surface area contributed by atoms with Gasteiger partial charge in [-0.1, -0.05) is 0 Å². The Labute approximate surface area is 115 Å². The van der Waals surface area contributed by atoms with Crippen LogP contribution < -0.4 is 0 Å². The van der Waals surface area contributed by atoms with Crippen LogP contribution in [-0.2, 0) is 16.0 Å². The van der Waals surface area contributed by atoms with Gasteiger partial charge in [0, 0.05) is 12.3 Å². The van der Waals surface area contributed by atoms with E-state index in [-0.39, 0.29) is 5.82 Å². The number of aromatic nitrogens is 2. The molecule has 19 heavy (non-hydrogen) atoms. The molecule has 1 atom stereocenters. The van der Waals surface area contributed by atoms with Crippen LogP contribution >= 0.6 is 11.6 Å². The molecule has 0 spiro atoms. The van der Waals surface area contributed by atoms with Crippen LogP contribution in [0.3, 0.4) is 0 Å². The van der Waals surface area contributed by atoms with E-state index in [1.165, 1.54) is 19.2 Å². The lowest BCUT2D eigenvalue weighted by atomic mass is 10.2. The van der Waals surface area contributed by atoms with Gasteiger partial charge in [-0.05, 0) is 25.1 Å². The minimum absolute atomic E-state index is 0.372. The minimum Gasteiger partial charge on any atom is -0.467 e. The van der Waals surface area contributed by atoms with Crippen molar-refractivity contribution in [3.63, 3.8) is 0 Å². The largest absolute Gasteiger partial charge is 0.467 e. The summed E-state index contributed by atoms with van der Waals surface area (Å²) in [5.74, 6) is 0.246. The first-order chi connectivity index (χ1) is 9.08. The van der Waals surface area contributed by atoms with Crippen LogP contribution in [0.1, 0.15) is 18.8 Å². The third-order valence-electron chi connectivity index (χ3n) is 2.97. The highest BCUT2D eigenvalue weighted by atomic mass is 35.5. The smallest absolute Gasteiger partial charge is 0.328 e. The number of alkyl halides is 1. The van der Waals surface area contributed by atoms with Crippen LogP contribution in [0, 0.1) is 5.82 Å². The fourth-order valence-electron chi connectivity index (χ4n) is 2.09. The Kier molecular flexibility index (Phi) is 4.04. The van der Waals surface area contributed by atoms with E-state index < -0.39 is 12.0 Å². The van der Waals surface area contributed by atoms with E-state index in [0.29, 0.717) is 29.2 Å². The number of aryl methyl sites for hydroxylation is 1. The molecule has 0 aliphatic rings. The maximum Gasteiger partial charge on any atom is 0.328 e. The highest BCUT2D eigenvalue weighted by molar-refractivity contribution is 6.17. The first-order valence-corrected chi connectivity index (χ1v) is 6.42. The lowest BCUT2D eigenvalue weighted by Crippen LogP contribution is -2.20. The van der Waals surface area contributed by atoms with Crippen LogP contribution in [0.2, 0.25) is 0 Å². The zero-order chi connectivity index (χ0) is 14.0. The molecule has 0 radical (unpaired) electrons. The Morgan fingerprint density at radius 3 is 2.95 bits per heavy atom. The van der Waals surface area contributed by atoms with Crippen molar-refractivity contribution in [3.05, 3.63) is 29.8 Å². The normalized spacial score (nSPS) is 12.6. The molecule has 1 heterocycles. The van der Waals surface area contributed by atoms with Gasteiger partial charge in [-0.25, -0.2) is 14.2 Å². The van der Waals surface area contributed by atoms with Gasteiger partial charge in [0.1, 0.15) is 17.7 Å². The number of esters is 1. The Morgan fingerprint density at radius 1 is 1.58 bits per heavy atom. The molecule has 6 heteroatoms. The standard InChI is InChI=1S/C13H14ClFN2O2/c1-8(13(18)19-2)17-11-7-9(15)3-4-10(11)16-12(17)5-6-14/h3-4,7-8H,5-6H2,1-2H3. The fourth-order valence-corrected chi connectivity index (χ4v) is 2.25. The average molecular weight is 285 g/mol. The van der Waals surface area contributed by atoms with Crippen molar-refractivity contribution in [1.29, 1.82) is 0 Å². The molecule has 0 fully saturated rings. The van der Waals surface area contributed by atoms with E-state index in [4.69, 9.17) is 16.3 Å². The Balaban J connectivity index is 2.62. The monoisotopic (exact) mass is 284 g/mol. The van der Waals surface area contributed by atoms with Crippen LogP contribution in [-0.4, -0.2) is 28.5 Å². The number of hydrogen-bond acceptors (Lipinski definition) is 3. The van der Waals surface area contributed by atoms with Gasteiger partial charge in [-0.2, -0.15) is 0 Å². The summed E-state index contributed by atoms with van der Waals surface area (Å²) in [6.45, 7) is 1.69. The summed E-state index contributed by atoms with van der Waals surface area (Å²) in [5.41, 5.74) is 1.20. The van der Waals surface area contributed by atoms with Gasteiger partial charge >= 0.3 is 5.97 Å². The highest BCUT2D eigenvalue weighted by Crippen LogP contribution is 2.23. The topological polar surface area (TPSA) is 44.1 Å². The van der Waals surface area contributed by atoms with E-state index in [2.05, 4.69) is 4.98 Å². The van der Waals surface area contributed by atoms with Gasteiger partial charge < -0.3 is 9.30 Å². The predicted octanol–water partition coefficient (Wildman–Crippen LogP) is 2.69. The third kappa shape index (κ3) is 2.56. The number of nitrogens with zero attached hydrogens (tertiary/aromatic N) is 2. The lowest BCUT2D eigenvalue weighted by molar-refractivity contribution is -0.143. The Bertz CT molecular complexity index is 612. The van der Waals surface area contributed by atoms with E-state index >= 15 is 0 Å². The van der Waals surface area contributed by atoms with Gasteiger partial charge in [0.25, 0.3) is 0 Å². The summed E-state index contributed by atoms with van der Waals surface area (Å²) in [5, 5.41) is 0. The van der Waals surface area contributed by atoms with Gasteiger partial charge in [0.2, 0.25) is 0 Å². The average Bonchev–Trinajstić information content (AvgIpc) is 2.74. The number of benzene rings is 1. The summed E-state index contributed by atoms with van der Waals surface area (Å²) in [4.78, 5) is 16.1. The molecule has 2 rings (SSSR count). The Morgan fingerprint density at radius 2 is 2.32 bits per heavy atom. The minimum atomic E-state index is -0.574. The number of ether oxygens (including phenoxy) is 1. The first kappa shape index (κ1) is 13.8. The number of carbonyl (C=O) groups excluding carboxylic acids is 1. The summed E-state index contributed by atoms with van der Waals surface area (Å²) >= 11 is 5.74. The molecule has 0 aliphatic carbocycles. The number of rotatable bonds is 4. The van der Waals surface area contributed by atoms with Crippen molar-refractivity contribution in [2.75, 3.05) is 13.0 Å². The molecule has 4 nitrogen and oxygen atoms in total. The molecule has 0 aliphatic heterocycles. The summed E-state index contributed by atoms with van der Waals surface area (Å²) in [7, 11) is 1.32. The van der Waals surface area contributed by atoms with E-state index in [9.17, 15) is 9.18 Å². The molecule has 102 valence electrons. The summed E-state index contributed by atoms with van der Waals surface area (Å²) < 4.78 is 19.8. The second-order valence-electron chi connectivity index (χ2n) is 4.17. The number of methoxy groups -OCH3 is 1. The quantitative estimate of drug-likeness (QED) is 0.640. The molecule has 1 aromatic carbocycles. The molecule has 0 N–H and O–H groups in total. The van der Waals surface area contributed by atoms with Crippen molar-refractivity contribution in [3.8, 4) is 0 Å². The Hall–Kier alpha value is -1.62. The summed E-state index contributed by atoms with van der Waals surface area (Å²) in [6, 6.07) is 3.71. The lowest BCUT2D eigenvalue weighted by Gasteiger charge is -2.15. The molecule has 0 saturated carbocycles. The number of imidazole rings is 1. The maximum absolute atomic E-state index is 13.4. The zero-order valence-electron chi connectivity index (χ0n) is 10.7. The summed E-state index contributed by atoms with van der Waals surface area (Å²) in [6.07, 6.45) is 0.499. The van der Waals surface area contributed by atoms with E-state index in [1.54, 1.807) is 17.6 Å². The second kappa shape index (κ2) is 5.57. The number of hydrogen-bond donors (Lipinski definition) is 0. The second-order valence-corrected chi connectivity index (χ2v) is 4.55. The molecule has 1 unspecified atom stereocenters.